The lowest BCUT2D eigenvalue weighted by atomic mass is 9.92. The molecule has 0 aliphatic carbocycles. The maximum absolute atomic E-state index is 4.27. The molecule has 0 amide bonds. The Labute approximate surface area is 92.3 Å². The molecule has 0 fully saturated rings. The fourth-order valence-corrected chi connectivity index (χ4v) is 1.30. The summed E-state index contributed by atoms with van der Waals surface area (Å²) < 4.78 is 0. The molecule has 3 nitrogen and oxygen atoms in total. The van der Waals surface area contributed by atoms with E-state index in [2.05, 4.69) is 43.0 Å². The van der Waals surface area contributed by atoms with Crippen LogP contribution >= 0.6 is 0 Å². The van der Waals surface area contributed by atoms with E-state index in [0.29, 0.717) is 5.41 Å². The first-order chi connectivity index (χ1) is 6.99. The largest absolute Gasteiger partial charge is 0.309 e. The molecule has 15 heavy (non-hydrogen) atoms. The fraction of sp³-hybridized carbons (Fsp3) is 0.667. The first kappa shape index (κ1) is 12.1. The molecule has 1 atom stereocenters. The first-order valence-corrected chi connectivity index (χ1v) is 5.48. The summed E-state index contributed by atoms with van der Waals surface area (Å²) in [7, 11) is 0. The maximum atomic E-state index is 4.27. The van der Waals surface area contributed by atoms with Crippen LogP contribution in [0.4, 0.5) is 0 Å². The van der Waals surface area contributed by atoms with Crippen LogP contribution in [0.3, 0.4) is 0 Å². The Kier molecular flexibility index (Phi) is 4.21. The molecule has 0 saturated carbocycles. The van der Waals surface area contributed by atoms with E-state index in [1.54, 1.807) is 12.4 Å². The number of nitrogens with zero attached hydrogens (tertiary/aromatic N) is 2. The molecule has 1 heterocycles. The molecule has 1 unspecified atom stereocenters. The van der Waals surface area contributed by atoms with E-state index in [0.717, 1.165) is 18.7 Å². The molecule has 0 saturated heterocycles. The Morgan fingerprint density at radius 2 is 2.07 bits per heavy atom. The minimum atomic E-state index is 0.279. The van der Waals surface area contributed by atoms with E-state index in [9.17, 15) is 0 Å². The molecule has 0 spiro atoms. The van der Waals surface area contributed by atoms with E-state index in [-0.39, 0.29) is 6.04 Å². The smallest absolute Gasteiger partial charge is 0.0753 e. The molecule has 84 valence electrons. The summed E-state index contributed by atoms with van der Waals surface area (Å²) in [5.74, 6) is 0. The van der Waals surface area contributed by atoms with Gasteiger partial charge in [0, 0.05) is 24.6 Å². The van der Waals surface area contributed by atoms with Crippen molar-refractivity contribution in [1.82, 2.24) is 15.3 Å². The van der Waals surface area contributed by atoms with E-state index in [4.69, 9.17) is 0 Å². The van der Waals surface area contributed by atoms with E-state index in [1.807, 2.05) is 6.20 Å². The standard InChI is InChI=1S/C12H21N3/c1-10(11-9-13-7-8-15-11)14-6-5-12(2,3)4/h7-10,14H,5-6H2,1-4H3. The second-order valence-corrected chi connectivity index (χ2v) is 5.12. The van der Waals surface area contributed by atoms with Crippen molar-refractivity contribution in [2.45, 2.75) is 40.2 Å². The predicted molar refractivity (Wildman–Crippen MR) is 62.5 cm³/mol. The van der Waals surface area contributed by atoms with Crippen molar-refractivity contribution in [1.29, 1.82) is 0 Å². The van der Waals surface area contributed by atoms with Gasteiger partial charge in [-0.2, -0.15) is 0 Å². The number of aromatic nitrogens is 2. The molecule has 1 aromatic rings. The minimum Gasteiger partial charge on any atom is -0.309 e. The van der Waals surface area contributed by atoms with Gasteiger partial charge in [-0.05, 0) is 25.3 Å². The zero-order valence-electron chi connectivity index (χ0n) is 10.1. The molecule has 1 N–H and O–H groups in total. The summed E-state index contributed by atoms with van der Waals surface area (Å²) in [4.78, 5) is 8.33. The van der Waals surface area contributed by atoms with Gasteiger partial charge in [-0.25, -0.2) is 0 Å². The van der Waals surface area contributed by atoms with Gasteiger partial charge in [0.15, 0.2) is 0 Å². The van der Waals surface area contributed by atoms with Crippen molar-refractivity contribution < 1.29 is 0 Å². The highest BCUT2D eigenvalue weighted by atomic mass is 14.9. The third-order valence-corrected chi connectivity index (χ3v) is 2.35. The molecule has 1 aromatic heterocycles. The van der Waals surface area contributed by atoms with Gasteiger partial charge in [0.1, 0.15) is 0 Å². The summed E-state index contributed by atoms with van der Waals surface area (Å²) in [6, 6.07) is 0.279. The van der Waals surface area contributed by atoms with Crippen molar-refractivity contribution in [2.75, 3.05) is 6.54 Å². The molecule has 0 bridgehead atoms. The molecule has 3 heteroatoms. The van der Waals surface area contributed by atoms with Crippen LogP contribution in [-0.2, 0) is 0 Å². The number of hydrogen-bond donors (Lipinski definition) is 1. The average molecular weight is 207 g/mol. The van der Waals surface area contributed by atoms with Crippen molar-refractivity contribution in [3.63, 3.8) is 0 Å². The summed E-state index contributed by atoms with van der Waals surface area (Å²) in [6.07, 6.45) is 6.41. The van der Waals surface area contributed by atoms with Gasteiger partial charge in [-0.1, -0.05) is 20.8 Å². The molecule has 0 radical (unpaired) electrons. The lowest BCUT2D eigenvalue weighted by Crippen LogP contribution is -2.24. The quantitative estimate of drug-likeness (QED) is 0.824. The predicted octanol–water partition coefficient (Wildman–Crippen LogP) is 2.56. The molecular weight excluding hydrogens is 186 g/mol. The first-order valence-electron chi connectivity index (χ1n) is 5.48. The second kappa shape index (κ2) is 5.21. The van der Waals surface area contributed by atoms with E-state index in [1.165, 1.54) is 0 Å². The van der Waals surface area contributed by atoms with Crippen molar-refractivity contribution in [2.24, 2.45) is 5.41 Å². The zero-order valence-corrected chi connectivity index (χ0v) is 10.1. The monoisotopic (exact) mass is 207 g/mol. The number of nitrogens with one attached hydrogen (secondary N) is 1. The second-order valence-electron chi connectivity index (χ2n) is 5.12. The Balaban J connectivity index is 2.34. The van der Waals surface area contributed by atoms with Gasteiger partial charge in [-0.15, -0.1) is 0 Å². The Bertz CT molecular complexity index is 277. The van der Waals surface area contributed by atoms with Gasteiger partial charge in [0.25, 0.3) is 0 Å². The van der Waals surface area contributed by atoms with Crippen LogP contribution in [0.25, 0.3) is 0 Å². The Morgan fingerprint density at radius 3 is 2.60 bits per heavy atom. The highest BCUT2D eigenvalue weighted by Gasteiger charge is 2.11. The van der Waals surface area contributed by atoms with Crippen LogP contribution in [0, 0.1) is 5.41 Å². The number of hydrogen-bond acceptors (Lipinski definition) is 3. The van der Waals surface area contributed by atoms with Crippen LogP contribution in [0.1, 0.15) is 45.9 Å². The van der Waals surface area contributed by atoms with Gasteiger partial charge >= 0.3 is 0 Å². The molecular formula is C12H21N3. The fourth-order valence-electron chi connectivity index (χ4n) is 1.30. The highest BCUT2D eigenvalue weighted by Crippen LogP contribution is 2.18. The van der Waals surface area contributed by atoms with Gasteiger partial charge < -0.3 is 5.32 Å². The molecule has 0 aromatic carbocycles. The van der Waals surface area contributed by atoms with Crippen molar-refractivity contribution in [3.05, 3.63) is 24.3 Å². The summed E-state index contributed by atoms with van der Waals surface area (Å²) in [6.45, 7) is 9.89. The zero-order chi connectivity index (χ0) is 11.3. The Morgan fingerprint density at radius 1 is 1.33 bits per heavy atom. The summed E-state index contributed by atoms with van der Waals surface area (Å²) >= 11 is 0. The molecule has 1 rings (SSSR count). The van der Waals surface area contributed by atoms with Crippen molar-refractivity contribution in [3.8, 4) is 0 Å². The number of rotatable bonds is 4. The van der Waals surface area contributed by atoms with Gasteiger partial charge in [0.05, 0.1) is 5.69 Å². The summed E-state index contributed by atoms with van der Waals surface area (Å²) in [5.41, 5.74) is 1.39. The SMILES string of the molecule is CC(NCCC(C)(C)C)c1cnccn1. The third kappa shape index (κ3) is 4.88. The molecule has 0 aliphatic heterocycles. The molecule has 0 aliphatic rings. The van der Waals surface area contributed by atoms with Crippen molar-refractivity contribution >= 4 is 0 Å². The van der Waals surface area contributed by atoms with Gasteiger partial charge in [-0.3, -0.25) is 9.97 Å². The average Bonchev–Trinajstić information content (AvgIpc) is 2.17. The van der Waals surface area contributed by atoms with Crippen LogP contribution in [-0.4, -0.2) is 16.5 Å². The highest BCUT2D eigenvalue weighted by molar-refractivity contribution is 5.00. The van der Waals surface area contributed by atoms with Crippen LogP contribution in [0.5, 0.6) is 0 Å². The van der Waals surface area contributed by atoms with E-state index >= 15 is 0 Å². The van der Waals surface area contributed by atoms with E-state index < -0.39 is 0 Å². The third-order valence-electron chi connectivity index (χ3n) is 2.35. The van der Waals surface area contributed by atoms with Crippen LogP contribution < -0.4 is 5.32 Å². The van der Waals surface area contributed by atoms with Crippen LogP contribution in [0.15, 0.2) is 18.6 Å². The summed E-state index contributed by atoms with van der Waals surface area (Å²) in [5, 5.41) is 3.45. The topological polar surface area (TPSA) is 37.8 Å². The minimum absolute atomic E-state index is 0.279. The van der Waals surface area contributed by atoms with Crippen LogP contribution in [0.2, 0.25) is 0 Å². The maximum Gasteiger partial charge on any atom is 0.0753 e. The normalized spacial score (nSPS) is 13.9. The Hall–Kier alpha value is -0.960. The lowest BCUT2D eigenvalue weighted by molar-refractivity contribution is 0.357. The van der Waals surface area contributed by atoms with Gasteiger partial charge in [0.2, 0.25) is 0 Å². The lowest BCUT2D eigenvalue weighted by Gasteiger charge is -2.20.